The third-order valence-electron chi connectivity index (χ3n) is 3.11. The summed E-state index contributed by atoms with van der Waals surface area (Å²) < 4.78 is 20.1. The summed E-state index contributed by atoms with van der Waals surface area (Å²) in [6, 6.07) is 9.43. The second-order valence-electron chi connectivity index (χ2n) is 5.24. The Hall–Kier alpha value is -2.89. The standard InChI is InChI=1S/C15H19N6O6P/c16-8-7-14(22)18-13-6-5-11(15(17)19-13)21-20-10-3-1-2-4-12(10)26-9-27-28(23,24)25/h1-6H,7-9,16H2,(H2,23,24,25)(H3,17,18,19,22). The Morgan fingerprint density at radius 2 is 1.89 bits per heavy atom. The van der Waals surface area contributed by atoms with E-state index in [1.165, 1.54) is 18.2 Å². The molecule has 0 unspecified atom stereocenters. The molecule has 1 aromatic heterocycles. The fourth-order valence-electron chi connectivity index (χ4n) is 1.89. The van der Waals surface area contributed by atoms with Gasteiger partial charge in [-0.25, -0.2) is 14.1 Å². The largest absolute Gasteiger partial charge is 0.472 e. The molecule has 0 bridgehead atoms. The van der Waals surface area contributed by atoms with Gasteiger partial charge >= 0.3 is 7.82 Å². The average Bonchev–Trinajstić information content (AvgIpc) is 2.61. The smallest absolute Gasteiger partial charge is 0.465 e. The summed E-state index contributed by atoms with van der Waals surface area (Å²) in [5.41, 5.74) is 11.7. The predicted octanol–water partition coefficient (Wildman–Crippen LogP) is 1.81. The summed E-state index contributed by atoms with van der Waals surface area (Å²) in [4.78, 5) is 32.9. The third-order valence-corrected chi connectivity index (χ3v) is 3.55. The second kappa shape index (κ2) is 9.88. The van der Waals surface area contributed by atoms with Crippen molar-refractivity contribution in [3.8, 4) is 5.75 Å². The summed E-state index contributed by atoms with van der Waals surface area (Å²) in [5, 5.41) is 10.5. The second-order valence-corrected chi connectivity index (χ2v) is 6.48. The zero-order valence-corrected chi connectivity index (χ0v) is 15.5. The number of pyridine rings is 1. The first-order valence-corrected chi connectivity index (χ1v) is 9.41. The van der Waals surface area contributed by atoms with Crippen LogP contribution in [0.15, 0.2) is 46.6 Å². The van der Waals surface area contributed by atoms with E-state index in [-0.39, 0.29) is 47.6 Å². The molecule has 0 atom stereocenters. The zero-order chi connectivity index (χ0) is 20.6. The lowest BCUT2D eigenvalue weighted by molar-refractivity contribution is -0.116. The van der Waals surface area contributed by atoms with Crippen LogP contribution in [0.1, 0.15) is 6.42 Å². The highest BCUT2D eigenvalue weighted by Gasteiger charge is 2.14. The molecule has 2 rings (SSSR count). The normalized spacial score (nSPS) is 11.5. The minimum atomic E-state index is -4.65. The molecule has 0 spiro atoms. The van der Waals surface area contributed by atoms with Gasteiger partial charge in [0, 0.05) is 13.0 Å². The van der Waals surface area contributed by atoms with E-state index in [2.05, 4.69) is 25.1 Å². The number of azo groups is 1. The van der Waals surface area contributed by atoms with Crippen molar-refractivity contribution in [1.82, 2.24) is 4.98 Å². The maximum absolute atomic E-state index is 11.5. The zero-order valence-electron chi connectivity index (χ0n) is 14.6. The van der Waals surface area contributed by atoms with E-state index in [4.69, 9.17) is 26.0 Å². The lowest BCUT2D eigenvalue weighted by Gasteiger charge is -2.09. The van der Waals surface area contributed by atoms with Gasteiger partial charge in [0.05, 0.1) is 0 Å². The number of phosphoric ester groups is 1. The van der Waals surface area contributed by atoms with Gasteiger partial charge in [-0.05, 0) is 24.3 Å². The highest BCUT2D eigenvalue weighted by Crippen LogP contribution is 2.36. The summed E-state index contributed by atoms with van der Waals surface area (Å²) >= 11 is 0. The number of nitrogen functional groups attached to an aromatic ring is 1. The van der Waals surface area contributed by atoms with Crippen LogP contribution in [0.2, 0.25) is 0 Å². The first-order chi connectivity index (χ1) is 13.3. The van der Waals surface area contributed by atoms with Crippen molar-refractivity contribution in [3.63, 3.8) is 0 Å². The van der Waals surface area contributed by atoms with Crippen LogP contribution >= 0.6 is 7.82 Å². The Bertz CT molecular complexity index is 902. The van der Waals surface area contributed by atoms with Crippen LogP contribution in [0.3, 0.4) is 0 Å². The van der Waals surface area contributed by atoms with Crippen molar-refractivity contribution in [2.75, 3.05) is 24.4 Å². The highest BCUT2D eigenvalue weighted by atomic mass is 31.2. The van der Waals surface area contributed by atoms with Gasteiger partial charge in [-0.1, -0.05) is 12.1 Å². The minimum Gasteiger partial charge on any atom is -0.465 e. The quantitative estimate of drug-likeness (QED) is 0.233. The number of para-hydroxylation sites is 1. The van der Waals surface area contributed by atoms with Crippen molar-refractivity contribution in [2.45, 2.75) is 6.42 Å². The van der Waals surface area contributed by atoms with Crippen LogP contribution in [0, 0.1) is 0 Å². The first-order valence-electron chi connectivity index (χ1n) is 7.88. The maximum atomic E-state index is 11.5. The Morgan fingerprint density at radius 3 is 2.57 bits per heavy atom. The monoisotopic (exact) mass is 410 g/mol. The van der Waals surface area contributed by atoms with Crippen LogP contribution < -0.4 is 21.5 Å². The number of nitrogens with one attached hydrogen (secondary N) is 1. The Balaban J connectivity index is 2.09. The highest BCUT2D eigenvalue weighted by molar-refractivity contribution is 7.46. The Morgan fingerprint density at radius 1 is 1.18 bits per heavy atom. The number of carbonyl (C=O) groups is 1. The number of phosphoric acid groups is 1. The van der Waals surface area contributed by atoms with Gasteiger partial charge in [0.2, 0.25) is 5.91 Å². The summed E-state index contributed by atoms with van der Waals surface area (Å²) in [7, 11) is -4.65. The molecule has 0 fully saturated rings. The first kappa shape index (κ1) is 21.4. The summed E-state index contributed by atoms with van der Waals surface area (Å²) in [6.07, 6.45) is 0.158. The fourth-order valence-corrected chi connectivity index (χ4v) is 2.08. The molecule has 1 amide bonds. The van der Waals surface area contributed by atoms with Gasteiger partial charge < -0.3 is 31.3 Å². The number of hydrogen-bond acceptors (Lipinski definition) is 9. The van der Waals surface area contributed by atoms with Crippen molar-refractivity contribution in [3.05, 3.63) is 36.4 Å². The van der Waals surface area contributed by atoms with E-state index in [9.17, 15) is 9.36 Å². The maximum Gasteiger partial charge on any atom is 0.472 e. The Labute approximate surface area is 159 Å². The predicted molar refractivity (Wildman–Crippen MR) is 100 cm³/mol. The molecule has 0 aliphatic rings. The number of hydrogen-bond donors (Lipinski definition) is 5. The van der Waals surface area contributed by atoms with E-state index < -0.39 is 14.6 Å². The van der Waals surface area contributed by atoms with Gasteiger partial charge in [-0.2, -0.15) is 0 Å². The molecular weight excluding hydrogens is 391 g/mol. The van der Waals surface area contributed by atoms with Crippen molar-refractivity contribution < 1.29 is 28.4 Å². The van der Waals surface area contributed by atoms with Crippen LogP contribution in [-0.2, 0) is 13.9 Å². The SMILES string of the molecule is NCCC(=O)Nc1ccc(N=Nc2ccccc2OCOP(=O)(O)O)c(N)n1. The number of ether oxygens (including phenoxy) is 1. The number of nitrogens with zero attached hydrogens (tertiary/aromatic N) is 3. The summed E-state index contributed by atoms with van der Waals surface area (Å²) in [5.74, 6) is 0.204. The number of benzene rings is 1. The van der Waals surface area contributed by atoms with Crippen molar-refractivity contribution in [1.29, 1.82) is 0 Å². The van der Waals surface area contributed by atoms with Crippen LogP contribution in [0.4, 0.5) is 23.0 Å². The van der Waals surface area contributed by atoms with E-state index >= 15 is 0 Å². The minimum absolute atomic E-state index is 0.0394. The van der Waals surface area contributed by atoms with Gasteiger partial charge in [-0.15, -0.1) is 10.2 Å². The topological polar surface area (TPSA) is 195 Å². The van der Waals surface area contributed by atoms with Gasteiger partial charge in [0.15, 0.2) is 12.6 Å². The molecular formula is C15H19N6O6P. The molecule has 2 aromatic rings. The average molecular weight is 410 g/mol. The summed E-state index contributed by atoms with van der Waals surface area (Å²) in [6.45, 7) is -0.452. The fraction of sp³-hybridized carbons (Fsp3) is 0.200. The van der Waals surface area contributed by atoms with E-state index in [0.29, 0.717) is 0 Å². The van der Waals surface area contributed by atoms with Gasteiger partial charge in [0.25, 0.3) is 0 Å². The third kappa shape index (κ3) is 7.02. The van der Waals surface area contributed by atoms with Crippen molar-refractivity contribution in [2.24, 2.45) is 16.0 Å². The number of carbonyl (C=O) groups excluding carboxylic acids is 1. The molecule has 12 nitrogen and oxygen atoms in total. The molecule has 13 heteroatoms. The molecule has 7 N–H and O–H groups in total. The molecule has 1 aromatic carbocycles. The number of rotatable bonds is 9. The van der Waals surface area contributed by atoms with Gasteiger partial charge in [0.1, 0.15) is 22.9 Å². The van der Waals surface area contributed by atoms with Gasteiger partial charge in [-0.3, -0.25) is 4.79 Å². The van der Waals surface area contributed by atoms with E-state index in [1.54, 1.807) is 18.2 Å². The molecule has 150 valence electrons. The van der Waals surface area contributed by atoms with E-state index in [0.717, 1.165) is 0 Å². The molecule has 0 aliphatic carbocycles. The molecule has 1 heterocycles. The van der Waals surface area contributed by atoms with E-state index in [1.807, 2.05) is 0 Å². The molecule has 0 radical (unpaired) electrons. The molecule has 0 aliphatic heterocycles. The van der Waals surface area contributed by atoms with Crippen LogP contribution in [0.25, 0.3) is 0 Å². The number of anilines is 2. The van der Waals surface area contributed by atoms with Crippen molar-refractivity contribution >= 4 is 36.7 Å². The lowest BCUT2D eigenvalue weighted by Crippen LogP contribution is -2.17. The number of nitrogens with two attached hydrogens (primary N) is 2. The molecule has 0 saturated carbocycles. The van der Waals surface area contributed by atoms with Crippen LogP contribution in [-0.4, -0.2) is 34.0 Å². The molecule has 28 heavy (non-hydrogen) atoms. The number of aromatic nitrogens is 1. The molecule has 0 saturated heterocycles. The van der Waals surface area contributed by atoms with Crippen LogP contribution in [0.5, 0.6) is 5.75 Å². The lowest BCUT2D eigenvalue weighted by atomic mass is 10.3. The Kier molecular flexibility index (Phi) is 7.55. The number of amides is 1.